The monoisotopic (exact) mass is 996 g/mol. The lowest BCUT2D eigenvalue weighted by atomic mass is 10.0. The highest BCUT2D eigenvalue weighted by Gasteiger charge is 2.33. The molecule has 0 bridgehead atoms. The maximum atomic E-state index is 12.6. The maximum Gasteiger partial charge on any atom is 0.269 e. The molecule has 374 valence electrons. The smallest absolute Gasteiger partial charge is 0.269 e. The third-order valence-corrected chi connectivity index (χ3v) is 12.0. The van der Waals surface area contributed by atoms with Crippen molar-refractivity contribution in [3.05, 3.63) is 155 Å². The minimum absolute atomic E-state index is 0.0256. The van der Waals surface area contributed by atoms with Crippen LogP contribution in [0.2, 0.25) is 0 Å². The van der Waals surface area contributed by atoms with Crippen molar-refractivity contribution in [3.63, 3.8) is 0 Å². The number of rotatable bonds is 12. The molecule has 20 nitrogen and oxygen atoms in total. The first-order valence-corrected chi connectivity index (χ1v) is 23.3. The minimum Gasteiger partial charge on any atom is -0.364 e. The van der Waals surface area contributed by atoms with Gasteiger partial charge in [0, 0.05) is 46.8 Å². The van der Waals surface area contributed by atoms with Gasteiger partial charge in [-0.05, 0) is 125 Å². The summed E-state index contributed by atoms with van der Waals surface area (Å²) in [6, 6.07) is 20.1. The molecule has 2 aromatic carbocycles. The number of halogens is 1. The second kappa shape index (κ2) is 23.9. The second-order valence-electron chi connectivity index (χ2n) is 17.1. The Morgan fingerprint density at radius 3 is 1.56 bits per heavy atom. The van der Waals surface area contributed by atoms with Gasteiger partial charge in [0.1, 0.15) is 28.8 Å². The molecule has 2 fully saturated rings. The van der Waals surface area contributed by atoms with Crippen molar-refractivity contribution in [1.82, 2.24) is 39.5 Å². The quantitative estimate of drug-likeness (QED) is 0.0420. The lowest BCUT2D eigenvalue weighted by molar-refractivity contribution is -0.130. The molecule has 21 heteroatoms. The van der Waals surface area contributed by atoms with Crippen LogP contribution >= 0.6 is 11.6 Å². The van der Waals surface area contributed by atoms with E-state index in [4.69, 9.17) is 34.8 Å². The van der Waals surface area contributed by atoms with Crippen LogP contribution in [0.5, 0.6) is 0 Å². The zero-order valence-electron chi connectivity index (χ0n) is 40.2. The summed E-state index contributed by atoms with van der Waals surface area (Å²) >= 11 is 4.87. The molecule has 2 aliphatic heterocycles. The van der Waals surface area contributed by atoms with Crippen molar-refractivity contribution in [3.8, 4) is 22.5 Å². The number of carbonyl (C=O) groups is 6. The van der Waals surface area contributed by atoms with Crippen molar-refractivity contribution >= 4 is 58.0 Å². The van der Waals surface area contributed by atoms with E-state index in [1.807, 2.05) is 26.0 Å². The van der Waals surface area contributed by atoms with Gasteiger partial charge < -0.3 is 44.0 Å². The molecule has 2 saturated heterocycles. The van der Waals surface area contributed by atoms with Gasteiger partial charge in [0.2, 0.25) is 11.1 Å². The topological polar surface area (TPSA) is 307 Å². The van der Waals surface area contributed by atoms with E-state index in [-0.39, 0.29) is 35.2 Å². The average Bonchev–Trinajstić information content (AvgIpc) is 3.92. The predicted octanol–water partition coefficient (Wildman–Crippen LogP) is 6.02. The van der Waals surface area contributed by atoms with Gasteiger partial charge in [-0.1, -0.05) is 56.0 Å². The third kappa shape index (κ3) is 12.8. The Hall–Kier alpha value is -8.49. The van der Waals surface area contributed by atoms with E-state index >= 15 is 0 Å². The first-order valence-electron chi connectivity index (χ1n) is 22.9. The molecule has 5 amide bonds. The summed E-state index contributed by atoms with van der Waals surface area (Å²) in [4.78, 5) is 91.0. The number of nitrogens with zero attached hydrogens (tertiary/aromatic N) is 7. The summed E-state index contributed by atoms with van der Waals surface area (Å²) in [6.45, 7) is 13.7. The number of amides is 5. The number of nitrogen functional groups attached to an aromatic ring is 2. The Morgan fingerprint density at radius 1 is 0.694 bits per heavy atom. The number of pyridine rings is 2. The fraction of sp³-hybridized carbons (Fsp3) is 0.255. The highest BCUT2D eigenvalue weighted by Crippen LogP contribution is 2.34. The molecule has 2 atom stereocenters. The first-order chi connectivity index (χ1) is 34.4. The van der Waals surface area contributed by atoms with Gasteiger partial charge >= 0.3 is 0 Å². The van der Waals surface area contributed by atoms with Crippen LogP contribution in [0.25, 0.3) is 22.5 Å². The largest absolute Gasteiger partial charge is 0.364 e. The summed E-state index contributed by atoms with van der Waals surface area (Å²) in [7, 11) is 0. The Bertz CT molecular complexity index is 2970. The lowest BCUT2D eigenvalue weighted by Gasteiger charge is -2.34. The summed E-state index contributed by atoms with van der Waals surface area (Å²) < 4.78 is 2.45. The number of primary amides is 2. The molecule has 0 saturated carbocycles. The second-order valence-corrected chi connectivity index (χ2v) is 17.5. The number of hydrogen-bond donors (Lipinski definition) is 7. The average molecular weight is 998 g/mol. The molecule has 6 aromatic rings. The standard InChI is InChI=1S/C25H27N7O3.C22H25N7O2.C4H5ClO/c1-3-20(33)31-13-5-4-6-18(31)24-30-21(22(23(26)34)32(24)27)16-8-10-17(11-9-16)25(35)29-19-12-7-15(2)14-28-19;1-13-5-10-17(26-12-13)27-22(31)15-8-6-14(7-9-15)18-19(20(23)30)29(24)21(28-18)16-4-2-3-11-25-16;1-3(2)4(5)6/h3,7-12,14,18H,1,4-6,13,27H2,2H3,(H2,26,34)(H,28,29,35);5-10,12,16,25H,2-4,11,24H2,1H3,(H2,23,30)(H,26,27,31);1H2,2H3/t18-;16-;/m00./s1. The highest BCUT2D eigenvalue weighted by atomic mass is 35.5. The molecule has 0 radical (unpaired) electrons. The molecule has 0 aliphatic carbocycles. The Labute approximate surface area is 420 Å². The molecule has 6 heterocycles. The summed E-state index contributed by atoms with van der Waals surface area (Å²) in [5.41, 5.74) is 16.6. The van der Waals surface area contributed by atoms with E-state index in [1.165, 1.54) is 15.4 Å². The number of benzene rings is 2. The van der Waals surface area contributed by atoms with Crippen molar-refractivity contribution in [1.29, 1.82) is 0 Å². The summed E-state index contributed by atoms with van der Waals surface area (Å²) in [5, 5.41) is 8.42. The fourth-order valence-corrected chi connectivity index (χ4v) is 7.93. The van der Waals surface area contributed by atoms with Gasteiger partial charge in [-0.2, -0.15) is 0 Å². The first kappa shape index (κ1) is 52.9. The van der Waals surface area contributed by atoms with Crippen molar-refractivity contribution < 1.29 is 28.8 Å². The number of carbonyl (C=O) groups excluding carboxylic acids is 6. The van der Waals surface area contributed by atoms with Gasteiger partial charge in [0.25, 0.3) is 23.6 Å². The number of likely N-dealkylation sites (tertiary alicyclic amines) is 1. The van der Waals surface area contributed by atoms with Gasteiger partial charge in [-0.3, -0.25) is 28.8 Å². The van der Waals surface area contributed by atoms with Crippen LogP contribution in [0.15, 0.2) is 110 Å². The van der Waals surface area contributed by atoms with Gasteiger partial charge in [0.05, 0.1) is 12.1 Å². The van der Waals surface area contributed by atoms with E-state index in [2.05, 4.69) is 49.0 Å². The molecule has 72 heavy (non-hydrogen) atoms. The van der Waals surface area contributed by atoms with E-state index in [0.29, 0.717) is 75.5 Å². The van der Waals surface area contributed by atoms with Gasteiger partial charge in [0.15, 0.2) is 17.2 Å². The van der Waals surface area contributed by atoms with E-state index < -0.39 is 23.1 Å². The van der Waals surface area contributed by atoms with Crippen LogP contribution < -0.4 is 39.1 Å². The number of piperidine rings is 2. The molecule has 2 aliphatic rings. The van der Waals surface area contributed by atoms with E-state index in [9.17, 15) is 28.8 Å². The van der Waals surface area contributed by atoms with Crippen molar-refractivity contribution in [2.24, 2.45) is 11.5 Å². The van der Waals surface area contributed by atoms with Gasteiger partial charge in [-0.25, -0.2) is 29.3 Å². The molecule has 0 spiro atoms. The number of aromatic nitrogens is 6. The zero-order valence-corrected chi connectivity index (χ0v) is 40.9. The highest BCUT2D eigenvalue weighted by molar-refractivity contribution is 6.67. The third-order valence-electron chi connectivity index (χ3n) is 11.7. The maximum absolute atomic E-state index is 12.6. The molecule has 11 N–H and O–H groups in total. The number of allylic oxidation sites excluding steroid dienone is 1. The number of anilines is 2. The minimum atomic E-state index is -0.745. The van der Waals surface area contributed by atoms with Gasteiger partial charge in [-0.15, -0.1) is 0 Å². The fourth-order valence-electron chi connectivity index (χ4n) is 7.93. The number of aryl methyl sites for hydroxylation is 2. The molecular weight excluding hydrogens is 940 g/mol. The van der Waals surface area contributed by atoms with E-state index in [0.717, 1.165) is 49.8 Å². The summed E-state index contributed by atoms with van der Waals surface area (Å²) in [5.74, 6) is 12.1. The van der Waals surface area contributed by atoms with Crippen molar-refractivity contribution in [2.75, 3.05) is 35.4 Å². The predicted molar refractivity (Wildman–Crippen MR) is 275 cm³/mol. The van der Waals surface area contributed by atoms with Crippen molar-refractivity contribution in [2.45, 2.75) is 71.4 Å². The molecule has 8 rings (SSSR count). The Morgan fingerprint density at radius 2 is 1.15 bits per heavy atom. The SMILES string of the molecule is C=C(C)C(=O)Cl.C=CC(=O)N1CCCC[C@H]1c1nc(-c2ccc(C(=O)Nc3ccc(C)cn3)cc2)c(C(N)=O)n1N.Cc1ccc(NC(=O)c2ccc(-c3nc([C@@H]4CCCCN4)n(N)c3C(N)=O)cc2)nc1. The van der Waals surface area contributed by atoms with E-state index in [1.54, 1.807) is 84.9 Å². The Balaban J connectivity index is 0.000000213. The normalized spacial score (nSPS) is 15.1. The number of nitrogens with one attached hydrogen (secondary N) is 3. The lowest BCUT2D eigenvalue weighted by Crippen LogP contribution is -2.39. The molecular formula is C51H57ClN14O6. The van der Waals surface area contributed by atoms with Crippen LogP contribution in [0, 0.1) is 13.8 Å². The number of hydrogen-bond acceptors (Lipinski definition) is 13. The Kier molecular flexibility index (Phi) is 17.5. The van der Waals surface area contributed by atoms with Crippen LogP contribution in [-0.4, -0.2) is 82.1 Å². The number of nitrogens with two attached hydrogens (primary N) is 4. The van der Waals surface area contributed by atoms with Crippen LogP contribution in [0.1, 0.15) is 122 Å². The zero-order chi connectivity index (χ0) is 52.2. The molecule has 4 aromatic heterocycles. The molecule has 0 unspecified atom stereocenters. The van der Waals surface area contributed by atoms with Crippen LogP contribution in [0.4, 0.5) is 11.6 Å². The summed E-state index contributed by atoms with van der Waals surface area (Å²) in [6.07, 6.45) is 10.1. The van der Waals surface area contributed by atoms with Crippen LogP contribution in [-0.2, 0) is 9.59 Å². The number of imidazole rings is 2. The van der Waals surface area contributed by atoms with Crippen LogP contribution in [0.3, 0.4) is 0 Å².